The van der Waals surface area contributed by atoms with Crippen molar-refractivity contribution in [3.05, 3.63) is 48.0 Å². The zero-order valence-electron chi connectivity index (χ0n) is 16.8. The zero-order valence-corrected chi connectivity index (χ0v) is 16.8. The number of nitrogens with zero attached hydrogens (tertiary/aromatic N) is 2. The average Bonchev–Trinajstić information content (AvgIpc) is 3.02. The lowest BCUT2D eigenvalue weighted by Gasteiger charge is -2.22. The van der Waals surface area contributed by atoms with Crippen LogP contribution in [0, 0.1) is 0 Å². The van der Waals surface area contributed by atoms with Crippen molar-refractivity contribution in [2.75, 3.05) is 39.8 Å². The molecule has 148 valence electrons. The molecule has 1 fully saturated rings. The van der Waals surface area contributed by atoms with Crippen LogP contribution in [0.15, 0.2) is 42.5 Å². The molecular formula is C24H30N2O2. The molecule has 1 amide bonds. The van der Waals surface area contributed by atoms with E-state index < -0.39 is 0 Å². The minimum absolute atomic E-state index is 0.103. The van der Waals surface area contributed by atoms with Crippen LogP contribution in [0.1, 0.15) is 37.7 Å². The van der Waals surface area contributed by atoms with Crippen LogP contribution in [0.5, 0.6) is 5.75 Å². The number of ether oxygens (including phenoxy) is 1. The van der Waals surface area contributed by atoms with Gasteiger partial charge in [0.2, 0.25) is 0 Å². The molecule has 4 rings (SSSR count). The first-order valence-corrected chi connectivity index (χ1v) is 10.5. The minimum Gasteiger partial charge on any atom is -0.484 e. The van der Waals surface area contributed by atoms with Gasteiger partial charge in [0, 0.05) is 26.2 Å². The molecule has 1 saturated heterocycles. The summed E-state index contributed by atoms with van der Waals surface area (Å²) >= 11 is 0. The van der Waals surface area contributed by atoms with Crippen LogP contribution in [0.3, 0.4) is 0 Å². The highest BCUT2D eigenvalue weighted by molar-refractivity contribution is 5.87. The average molecular weight is 379 g/mol. The normalized spacial score (nSPS) is 18.6. The summed E-state index contributed by atoms with van der Waals surface area (Å²) in [6.45, 7) is 4.00. The highest BCUT2D eigenvalue weighted by atomic mass is 16.5. The fraction of sp³-hybridized carbons (Fsp3) is 0.458. The number of carbonyl (C=O) groups is 1. The fourth-order valence-electron chi connectivity index (χ4n) is 4.10. The van der Waals surface area contributed by atoms with E-state index >= 15 is 0 Å². The third kappa shape index (κ3) is 4.56. The van der Waals surface area contributed by atoms with Crippen molar-refractivity contribution >= 4 is 22.3 Å². The molecule has 0 radical (unpaired) electrons. The molecule has 2 aliphatic heterocycles. The van der Waals surface area contributed by atoms with Crippen LogP contribution in [0.25, 0.3) is 16.3 Å². The molecule has 0 saturated carbocycles. The zero-order chi connectivity index (χ0) is 19.3. The third-order valence-corrected chi connectivity index (χ3v) is 5.92. The van der Waals surface area contributed by atoms with Crippen molar-refractivity contribution in [3.63, 3.8) is 0 Å². The van der Waals surface area contributed by atoms with Crippen LogP contribution in [-0.2, 0) is 4.79 Å². The van der Waals surface area contributed by atoms with Gasteiger partial charge in [0.25, 0.3) is 5.91 Å². The standard InChI is InChI=1S/C24H30N2O2/c1-25-14-10-19(11-15-25)20-6-7-22-17-23(9-8-21(22)16-20)28-18-24(27)26-12-4-2-3-5-13-26/h6-10,16-17H,2-5,11-15,18H2,1H3. The number of likely N-dealkylation sites (N-methyl/N-ethyl adjacent to an activating group) is 1. The highest BCUT2D eigenvalue weighted by Crippen LogP contribution is 2.27. The van der Waals surface area contributed by atoms with E-state index in [2.05, 4.69) is 42.3 Å². The Hall–Kier alpha value is -2.33. The first kappa shape index (κ1) is 19.0. The summed E-state index contributed by atoms with van der Waals surface area (Å²) in [5, 5.41) is 2.36. The van der Waals surface area contributed by atoms with E-state index in [-0.39, 0.29) is 12.5 Å². The summed E-state index contributed by atoms with van der Waals surface area (Å²) in [6, 6.07) is 12.7. The van der Waals surface area contributed by atoms with Gasteiger partial charge in [-0.3, -0.25) is 4.79 Å². The Morgan fingerprint density at radius 1 is 0.964 bits per heavy atom. The van der Waals surface area contributed by atoms with Gasteiger partial charge in [-0.25, -0.2) is 0 Å². The molecule has 0 N–H and O–H groups in total. The van der Waals surface area contributed by atoms with E-state index in [0.717, 1.165) is 56.6 Å². The molecule has 0 spiro atoms. The van der Waals surface area contributed by atoms with Gasteiger partial charge in [-0.1, -0.05) is 37.1 Å². The fourth-order valence-corrected chi connectivity index (χ4v) is 4.10. The number of benzene rings is 2. The van der Waals surface area contributed by atoms with E-state index in [1.54, 1.807) is 0 Å². The molecule has 28 heavy (non-hydrogen) atoms. The van der Waals surface area contributed by atoms with Gasteiger partial charge in [0.15, 0.2) is 6.61 Å². The van der Waals surface area contributed by atoms with Crippen molar-refractivity contribution in [3.8, 4) is 5.75 Å². The second-order valence-corrected chi connectivity index (χ2v) is 8.05. The number of hydrogen-bond acceptors (Lipinski definition) is 3. The molecule has 0 bridgehead atoms. The highest BCUT2D eigenvalue weighted by Gasteiger charge is 2.16. The molecule has 2 heterocycles. The van der Waals surface area contributed by atoms with Crippen LogP contribution >= 0.6 is 0 Å². The smallest absolute Gasteiger partial charge is 0.260 e. The Labute approximate surface area is 167 Å². The first-order chi connectivity index (χ1) is 13.7. The van der Waals surface area contributed by atoms with Crippen LogP contribution < -0.4 is 4.74 Å². The Bertz CT molecular complexity index is 866. The largest absolute Gasteiger partial charge is 0.484 e. The maximum atomic E-state index is 12.4. The van der Waals surface area contributed by atoms with Crippen molar-refractivity contribution < 1.29 is 9.53 Å². The molecule has 0 aromatic heterocycles. The van der Waals surface area contributed by atoms with E-state index in [1.807, 2.05) is 17.0 Å². The molecular weight excluding hydrogens is 348 g/mol. The summed E-state index contributed by atoms with van der Waals surface area (Å²) in [7, 11) is 2.16. The Kier molecular flexibility index (Phi) is 5.96. The van der Waals surface area contributed by atoms with E-state index in [9.17, 15) is 4.79 Å². The summed E-state index contributed by atoms with van der Waals surface area (Å²) in [5.41, 5.74) is 2.74. The quantitative estimate of drug-likeness (QED) is 0.793. The SMILES string of the molecule is CN1CC=C(c2ccc3cc(OCC(=O)N4CCCCCC4)ccc3c2)CC1. The molecule has 0 aliphatic carbocycles. The summed E-state index contributed by atoms with van der Waals surface area (Å²) < 4.78 is 5.82. The first-order valence-electron chi connectivity index (χ1n) is 10.5. The lowest BCUT2D eigenvalue weighted by molar-refractivity contribution is -0.133. The van der Waals surface area contributed by atoms with Gasteiger partial charge in [0.05, 0.1) is 0 Å². The van der Waals surface area contributed by atoms with Crippen LogP contribution in [-0.4, -0.2) is 55.5 Å². The number of likely N-dealkylation sites (tertiary alicyclic amines) is 1. The van der Waals surface area contributed by atoms with E-state index in [1.165, 1.54) is 29.4 Å². The number of rotatable bonds is 4. The summed E-state index contributed by atoms with van der Waals surface area (Å²) in [4.78, 5) is 16.7. The number of hydrogen-bond donors (Lipinski definition) is 0. The molecule has 0 atom stereocenters. The topological polar surface area (TPSA) is 32.8 Å². The predicted molar refractivity (Wildman–Crippen MR) is 115 cm³/mol. The van der Waals surface area contributed by atoms with Crippen LogP contribution in [0.4, 0.5) is 0 Å². The maximum Gasteiger partial charge on any atom is 0.260 e. The van der Waals surface area contributed by atoms with Gasteiger partial charge in [-0.05, 0) is 66.4 Å². The van der Waals surface area contributed by atoms with Crippen molar-refractivity contribution in [2.45, 2.75) is 32.1 Å². The Balaban J connectivity index is 1.42. The second-order valence-electron chi connectivity index (χ2n) is 8.05. The van der Waals surface area contributed by atoms with Crippen molar-refractivity contribution in [1.82, 2.24) is 9.80 Å². The van der Waals surface area contributed by atoms with E-state index in [0.29, 0.717) is 0 Å². The lowest BCUT2D eigenvalue weighted by atomic mass is 9.97. The minimum atomic E-state index is 0.103. The number of fused-ring (bicyclic) bond motifs is 1. The number of carbonyl (C=O) groups excluding carboxylic acids is 1. The van der Waals surface area contributed by atoms with Crippen molar-refractivity contribution in [2.24, 2.45) is 0 Å². The van der Waals surface area contributed by atoms with Gasteiger partial charge >= 0.3 is 0 Å². The Morgan fingerprint density at radius 3 is 2.46 bits per heavy atom. The molecule has 4 nitrogen and oxygen atoms in total. The van der Waals surface area contributed by atoms with Crippen LogP contribution in [0.2, 0.25) is 0 Å². The molecule has 4 heteroatoms. The maximum absolute atomic E-state index is 12.4. The third-order valence-electron chi connectivity index (χ3n) is 5.92. The predicted octanol–water partition coefficient (Wildman–Crippen LogP) is 4.34. The van der Waals surface area contributed by atoms with Gasteiger partial charge in [-0.15, -0.1) is 0 Å². The molecule has 2 aromatic rings. The Morgan fingerprint density at radius 2 is 1.71 bits per heavy atom. The molecule has 2 aromatic carbocycles. The monoisotopic (exact) mass is 378 g/mol. The van der Waals surface area contributed by atoms with Gasteiger partial charge < -0.3 is 14.5 Å². The van der Waals surface area contributed by atoms with Gasteiger partial charge in [-0.2, -0.15) is 0 Å². The second kappa shape index (κ2) is 8.78. The van der Waals surface area contributed by atoms with E-state index in [4.69, 9.17) is 4.74 Å². The summed E-state index contributed by atoms with van der Waals surface area (Å²) in [6.07, 6.45) is 8.10. The van der Waals surface area contributed by atoms with Gasteiger partial charge in [0.1, 0.15) is 5.75 Å². The summed E-state index contributed by atoms with van der Waals surface area (Å²) in [5.74, 6) is 0.869. The number of amides is 1. The molecule has 2 aliphatic rings. The lowest BCUT2D eigenvalue weighted by Crippen LogP contribution is -2.35. The van der Waals surface area contributed by atoms with Crippen molar-refractivity contribution in [1.29, 1.82) is 0 Å². The molecule has 0 unspecified atom stereocenters.